The number of amides is 1. The number of nitrogens with one attached hydrogen (secondary N) is 1. The largest absolute Gasteiger partial charge is 0.496 e. The van der Waals surface area contributed by atoms with Crippen LogP contribution in [0.4, 0.5) is 5.69 Å². The number of carboxylic acid groups (broad SMARTS) is 1. The van der Waals surface area contributed by atoms with E-state index in [9.17, 15) is 9.59 Å². The van der Waals surface area contributed by atoms with Gasteiger partial charge in [0.2, 0.25) is 5.76 Å². The molecule has 0 aliphatic carbocycles. The first-order valence-corrected chi connectivity index (χ1v) is 9.41. The van der Waals surface area contributed by atoms with Gasteiger partial charge in [0.15, 0.2) is 0 Å². The topological polar surface area (TPSA) is 102 Å². The standard InChI is InChI=1S/C23H24N2O5/c1-13-6-8-15(11-16(13)18-12-20(22(27)28)30-25-18)24-21(26)17-10-14(23(2,3)4)7-9-19(17)29-5/h6-12H,1-5H3,(H,24,26)(H,27,28). The van der Waals surface area contributed by atoms with Crippen molar-refractivity contribution < 1.29 is 24.0 Å². The van der Waals surface area contributed by atoms with Crippen LogP contribution in [0, 0.1) is 6.92 Å². The van der Waals surface area contributed by atoms with E-state index in [4.69, 9.17) is 14.4 Å². The molecule has 0 saturated carbocycles. The average Bonchev–Trinajstić information content (AvgIpc) is 3.18. The molecule has 1 amide bonds. The second-order valence-corrected chi connectivity index (χ2v) is 8.03. The van der Waals surface area contributed by atoms with Crippen molar-refractivity contribution in [1.82, 2.24) is 5.16 Å². The maximum atomic E-state index is 13.0. The fourth-order valence-electron chi connectivity index (χ4n) is 3.03. The lowest BCUT2D eigenvalue weighted by molar-refractivity contribution is 0.0652. The first-order valence-electron chi connectivity index (χ1n) is 9.41. The first kappa shape index (κ1) is 21.1. The summed E-state index contributed by atoms with van der Waals surface area (Å²) in [5, 5.41) is 15.7. The molecule has 3 rings (SSSR count). The molecule has 0 bridgehead atoms. The number of carbonyl (C=O) groups is 2. The van der Waals surface area contributed by atoms with Crippen LogP contribution in [0.1, 0.15) is 52.8 Å². The highest BCUT2D eigenvalue weighted by atomic mass is 16.5. The number of carboxylic acids is 1. The zero-order chi connectivity index (χ0) is 22.1. The Labute approximate surface area is 174 Å². The number of rotatable bonds is 5. The Balaban J connectivity index is 1.93. The number of benzene rings is 2. The lowest BCUT2D eigenvalue weighted by Crippen LogP contribution is -2.17. The van der Waals surface area contributed by atoms with Gasteiger partial charge in [0.05, 0.1) is 12.7 Å². The lowest BCUT2D eigenvalue weighted by atomic mass is 9.86. The van der Waals surface area contributed by atoms with Crippen molar-refractivity contribution in [2.75, 3.05) is 12.4 Å². The third-order valence-electron chi connectivity index (χ3n) is 4.80. The molecule has 0 atom stereocenters. The summed E-state index contributed by atoms with van der Waals surface area (Å²) in [5.41, 5.74) is 3.79. The zero-order valence-electron chi connectivity index (χ0n) is 17.6. The van der Waals surface area contributed by atoms with Gasteiger partial charge in [0.25, 0.3) is 5.91 Å². The van der Waals surface area contributed by atoms with Gasteiger partial charge in [0.1, 0.15) is 11.4 Å². The van der Waals surface area contributed by atoms with Gasteiger partial charge in [-0.3, -0.25) is 4.79 Å². The predicted octanol–water partition coefficient (Wildman–Crippen LogP) is 4.91. The predicted molar refractivity (Wildman–Crippen MR) is 113 cm³/mol. The minimum absolute atomic E-state index is 0.118. The number of hydrogen-bond donors (Lipinski definition) is 2. The third kappa shape index (κ3) is 4.35. The van der Waals surface area contributed by atoms with Crippen molar-refractivity contribution in [3.63, 3.8) is 0 Å². The summed E-state index contributed by atoms with van der Waals surface area (Å²) in [6.07, 6.45) is 0. The molecule has 30 heavy (non-hydrogen) atoms. The van der Waals surface area contributed by atoms with Crippen molar-refractivity contribution in [3.8, 4) is 17.0 Å². The van der Waals surface area contributed by atoms with Crippen molar-refractivity contribution in [1.29, 1.82) is 0 Å². The van der Waals surface area contributed by atoms with E-state index in [1.807, 2.05) is 25.1 Å². The molecule has 3 aromatic rings. The van der Waals surface area contributed by atoms with Crippen LogP contribution in [-0.2, 0) is 5.41 Å². The van der Waals surface area contributed by atoms with Gasteiger partial charge in [0, 0.05) is 17.3 Å². The van der Waals surface area contributed by atoms with Crippen LogP contribution in [0.25, 0.3) is 11.3 Å². The molecule has 1 aromatic heterocycles. The summed E-state index contributed by atoms with van der Waals surface area (Å²) < 4.78 is 10.2. The molecular weight excluding hydrogens is 384 g/mol. The van der Waals surface area contributed by atoms with E-state index >= 15 is 0 Å². The van der Waals surface area contributed by atoms with E-state index in [0.717, 1.165) is 11.1 Å². The molecule has 0 aliphatic heterocycles. The molecule has 0 fully saturated rings. The molecule has 2 aromatic carbocycles. The Kier molecular flexibility index (Phi) is 5.64. The minimum Gasteiger partial charge on any atom is -0.496 e. The molecule has 2 N–H and O–H groups in total. The van der Waals surface area contributed by atoms with Crippen LogP contribution in [0.3, 0.4) is 0 Å². The fourth-order valence-corrected chi connectivity index (χ4v) is 3.03. The number of hydrogen-bond acceptors (Lipinski definition) is 5. The summed E-state index contributed by atoms with van der Waals surface area (Å²) in [4.78, 5) is 24.1. The van der Waals surface area contributed by atoms with Crippen LogP contribution < -0.4 is 10.1 Å². The van der Waals surface area contributed by atoms with Crippen LogP contribution in [0.2, 0.25) is 0 Å². The first-order chi connectivity index (χ1) is 14.1. The van der Waals surface area contributed by atoms with Crippen molar-refractivity contribution >= 4 is 17.6 Å². The molecule has 0 saturated heterocycles. The van der Waals surface area contributed by atoms with Crippen LogP contribution >= 0.6 is 0 Å². The van der Waals surface area contributed by atoms with E-state index in [2.05, 4.69) is 31.2 Å². The number of aryl methyl sites for hydroxylation is 1. The second-order valence-electron chi connectivity index (χ2n) is 8.03. The van der Waals surface area contributed by atoms with Gasteiger partial charge in [-0.2, -0.15) is 0 Å². The van der Waals surface area contributed by atoms with Gasteiger partial charge in [-0.05, 0) is 47.7 Å². The normalized spacial score (nSPS) is 11.2. The highest BCUT2D eigenvalue weighted by Gasteiger charge is 2.20. The number of carbonyl (C=O) groups excluding carboxylic acids is 1. The second kappa shape index (κ2) is 8.02. The van der Waals surface area contributed by atoms with E-state index in [0.29, 0.717) is 28.3 Å². The summed E-state index contributed by atoms with van der Waals surface area (Å²) >= 11 is 0. The summed E-state index contributed by atoms with van der Waals surface area (Å²) in [5.74, 6) is -1.26. The Hall–Kier alpha value is -3.61. The highest BCUT2D eigenvalue weighted by molar-refractivity contribution is 6.06. The molecular formula is C23H24N2O5. The number of nitrogens with zero attached hydrogens (tertiary/aromatic N) is 1. The van der Waals surface area contributed by atoms with Crippen LogP contribution in [0.15, 0.2) is 47.0 Å². The maximum absolute atomic E-state index is 13.0. The Bertz CT molecular complexity index is 1110. The number of anilines is 1. The van der Waals surface area contributed by atoms with Gasteiger partial charge in [-0.25, -0.2) is 4.79 Å². The quantitative estimate of drug-likeness (QED) is 0.622. The molecule has 0 unspecified atom stereocenters. The molecule has 1 heterocycles. The lowest BCUT2D eigenvalue weighted by Gasteiger charge is -2.21. The van der Waals surface area contributed by atoms with Crippen molar-refractivity contribution in [2.45, 2.75) is 33.1 Å². The maximum Gasteiger partial charge on any atom is 0.374 e. The van der Waals surface area contributed by atoms with Gasteiger partial charge >= 0.3 is 5.97 Å². The van der Waals surface area contributed by atoms with E-state index in [-0.39, 0.29) is 17.1 Å². The summed E-state index contributed by atoms with van der Waals surface area (Å²) in [6.45, 7) is 8.09. The summed E-state index contributed by atoms with van der Waals surface area (Å²) in [6, 6.07) is 12.3. The Morgan fingerprint density at radius 2 is 1.83 bits per heavy atom. The molecule has 7 nitrogen and oxygen atoms in total. The monoisotopic (exact) mass is 408 g/mol. The highest BCUT2D eigenvalue weighted by Crippen LogP contribution is 2.30. The van der Waals surface area contributed by atoms with Crippen LogP contribution in [-0.4, -0.2) is 29.2 Å². The molecule has 156 valence electrons. The number of aromatic carboxylic acids is 1. The van der Waals surface area contributed by atoms with E-state index in [1.165, 1.54) is 13.2 Å². The zero-order valence-corrected chi connectivity index (χ0v) is 17.6. The summed E-state index contributed by atoms with van der Waals surface area (Å²) in [7, 11) is 1.53. The molecule has 0 aliphatic rings. The van der Waals surface area contributed by atoms with Gasteiger partial charge < -0.3 is 19.7 Å². The minimum atomic E-state index is -1.19. The fraction of sp³-hybridized carbons (Fsp3) is 0.261. The number of ether oxygens (including phenoxy) is 1. The smallest absolute Gasteiger partial charge is 0.374 e. The molecule has 0 spiro atoms. The third-order valence-corrected chi connectivity index (χ3v) is 4.80. The number of methoxy groups -OCH3 is 1. The molecule has 7 heteroatoms. The van der Waals surface area contributed by atoms with Crippen molar-refractivity contribution in [3.05, 3.63) is 64.9 Å². The number of aromatic nitrogens is 1. The SMILES string of the molecule is COc1ccc(C(C)(C)C)cc1C(=O)Nc1ccc(C)c(-c2cc(C(=O)O)on2)c1. The van der Waals surface area contributed by atoms with Crippen LogP contribution in [0.5, 0.6) is 5.75 Å². The Morgan fingerprint density at radius 1 is 1.10 bits per heavy atom. The van der Waals surface area contributed by atoms with Gasteiger partial charge in [-0.15, -0.1) is 0 Å². The van der Waals surface area contributed by atoms with Gasteiger partial charge in [-0.1, -0.05) is 38.1 Å². The Morgan fingerprint density at radius 3 is 2.43 bits per heavy atom. The van der Waals surface area contributed by atoms with E-state index in [1.54, 1.807) is 18.2 Å². The average molecular weight is 408 g/mol. The van der Waals surface area contributed by atoms with E-state index < -0.39 is 5.97 Å². The molecule has 0 radical (unpaired) electrons. The van der Waals surface area contributed by atoms with Crippen molar-refractivity contribution in [2.24, 2.45) is 0 Å².